The predicted octanol–water partition coefficient (Wildman–Crippen LogP) is 5.00. The first-order valence-electron chi connectivity index (χ1n) is 9.00. The quantitative estimate of drug-likeness (QED) is 0.388. The molecule has 0 fully saturated rings. The van der Waals surface area contributed by atoms with E-state index in [1.165, 1.54) is 12.1 Å². The summed E-state index contributed by atoms with van der Waals surface area (Å²) in [5, 5.41) is 7.13. The van der Waals surface area contributed by atoms with Gasteiger partial charge in [-0.3, -0.25) is 4.79 Å². The Labute approximate surface area is 181 Å². The first kappa shape index (κ1) is 23.8. The van der Waals surface area contributed by atoms with Crippen LogP contribution >= 0.6 is 0 Å². The summed E-state index contributed by atoms with van der Waals surface area (Å²) in [6.07, 6.45) is -5.94. The molecule has 0 atom stereocenters. The number of hydrogen-bond donors (Lipinski definition) is 0. The van der Waals surface area contributed by atoms with Gasteiger partial charge in [0.1, 0.15) is 12.4 Å². The molecule has 172 valence electrons. The third-order valence-corrected chi connectivity index (χ3v) is 4.41. The number of terminal acetylenes is 1. The number of rotatable bonds is 5. The molecule has 33 heavy (non-hydrogen) atoms. The summed E-state index contributed by atoms with van der Waals surface area (Å²) in [5.41, 5.74) is -3.71. The van der Waals surface area contributed by atoms with E-state index in [4.69, 9.17) is 10.8 Å². The SMILES string of the molecule is C#Cc1nnc(CN(C(=O)Cc2ccc(C(F)(F)F)cc2C(F)(F)F)c2ccc(F)cc2)o1. The van der Waals surface area contributed by atoms with E-state index in [0.717, 1.165) is 17.0 Å². The van der Waals surface area contributed by atoms with Gasteiger partial charge >= 0.3 is 12.4 Å². The molecule has 0 saturated heterocycles. The normalized spacial score (nSPS) is 11.8. The summed E-state index contributed by atoms with van der Waals surface area (Å²) in [5.74, 6) is 0.106. The van der Waals surface area contributed by atoms with E-state index in [1.807, 2.05) is 0 Å². The Morgan fingerprint density at radius 1 is 1.00 bits per heavy atom. The highest BCUT2D eigenvalue weighted by Gasteiger charge is 2.38. The molecule has 1 amide bonds. The topological polar surface area (TPSA) is 59.2 Å². The van der Waals surface area contributed by atoms with E-state index >= 15 is 0 Å². The fourth-order valence-corrected chi connectivity index (χ4v) is 2.88. The van der Waals surface area contributed by atoms with Gasteiger partial charge in [0.25, 0.3) is 5.89 Å². The molecule has 0 aliphatic carbocycles. The highest BCUT2D eigenvalue weighted by Crippen LogP contribution is 2.37. The highest BCUT2D eigenvalue weighted by molar-refractivity contribution is 5.94. The minimum absolute atomic E-state index is 0.0535. The van der Waals surface area contributed by atoms with E-state index in [0.29, 0.717) is 12.1 Å². The number of halogens is 7. The Hall–Kier alpha value is -3.88. The summed E-state index contributed by atoms with van der Waals surface area (Å²) in [7, 11) is 0. The van der Waals surface area contributed by atoms with Gasteiger partial charge in [-0.25, -0.2) is 4.39 Å². The van der Waals surface area contributed by atoms with Gasteiger partial charge in [-0.2, -0.15) is 26.3 Å². The number of amides is 1. The number of alkyl halides is 6. The van der Waals surface area contributed by atoms with E-state index in [2.05, 4.69) is 16.1 Å². The predicted molar refractivity (Wildman–Crippen MR) is 100.0 cm³/mol. The smallest absolute Gasteiger partial charge is 0.412 e. The van der Waals surface area contributed by atoms with Crippen LogP contribution in [-0.4, -0.2) is 16.1 Å². The van der Waals surface area contributed by atoms with Gasteiger partial charge in [-0.1, -0.05) is 11.2 Å². The van der Waals surface area contributed by atoms with Crippen LogP contribution in [0.1, 0.15) is 28.5 Å². The van der Waals surface area contributed by atoms with Crippen molar-refractivity contribution in [2.24, 2.45) is 0 Å². The zero-order valence-electron chi connectivity index (χ0n) is 16.3. The zero-order chi connectivity index (χ0) is 24.4. The summed E-state index contributed by atoms with van der Waals surface area (Å²) in [6.45, 7) is -0.429. The molecule has 1 aromatic heterocycles. The first-order chi connectivity index (χ1) is 15.4. The van der Waals surface area contributed by atoms with Crippen LogP contribution in [0.3, 0.4) is 0 Å². The summed E-state index contributed by atoms with van der Waals surface area (Å²) in [4.78, 5) is 13.9. The number of carbonyl (C=O) groups excluding carboxylic acids is 1. The van der Waals surface area contributed by atoms with Gasteiger partial charge in [-0.15, -0.1) is 11.5 Å². The van der Waals surface area contributed by atoms with Crippen LogP contribution < -0.4 is 4.90 Å². The number of nitrogens with zero attached hydrogens (tertiary/aromatic N) is 3. The summed E-state index contributed by atoms with van der Waals surface area (Å²) < 4.78 is 97.4. The van der Waals surface area contributed by atoms with Crippen LogP contribution in [0.5, 0.6) is 0 Å². The Kier molecular flexibility index (Phi) is 6.44. The molecule has 0 N–H and O–H groups in total. The van der Waals surface area contributed by atoms with E-state index < -0.39 is 53.7 Å². The molecule has 2 aromatic carbocycles. The minimum Gasteiger partial charge on any atom is -0.412 e. The van der Waals surface area contributed by atoms with E-state index in [-0.39, 0.29) is 23.5 Å². The molecule has 0 aliphatic heterocycles. The molecule has 0 radical (unpaired) electrons. The second-order valence-electron chi connectivity index (χ2n) is 6.65. The van der Waals surface area contributed by atoms with Crippen LogP contribution in [0, 0.1) is 18.2 Å². The van der Waals surface area contributed by atoms with Crippen molar-refractivity contribution >= 4 is 11.6 Å². The second-order valence-corrected chi connectivity index (χ2v) is 6.65. The fraction of sp³-hybridized carbons (Fsp3) is 0.190. The molecule has 12 heteroatoms. The Balaban J connectivity index is 1.98. The van der Waals surface area contributed by atoms with Gasteiger partial charge in [0.2, 0.25) is 11.8 Å². The maximum atomic E-state index is 13.4. The van der Waals surface area contributed by atoms with Crippen molar-refractivity contribution < 1.29 is 39.9 Å². The molecule has 0 bridgehead atoms. The monoisotopic (exact) mass is 471 g/mol. The minimum atomic E-state index is -5.15. The average molecular weight is 471 g/mol. The molecule has 3 rings (SSSR count). The van der Waals surface area contributed by atoms with Gasteiger partial charge in [0, 0.05) is 5.69 Å². The zero-order valence-corrected chi connectivity index (χ0v) is 16.3. The van der Waals surface area contributed by atoms with Gasteiger partial charge in [0.05, 0.1) is 17.5 Å². The lowest BCUT2D eigenvalue weighted by Gasteiger charge is -2.23. The highest BCUT2D eigenvalue weighted by atomic mass is 19.4. The van der Waals surface area contributed by atoms with Crippen LogP contribution in [0.4, 0.5) is 36.4 Å². The van der Waals surface area contributed by atoms with Crippen molar-refractivity contribution in [2.45, 2.75) is 25.3 Å². The molecule has 1 heterocycles. The van der Waals surface area contributed by atoms with Gasteiger partial charge in [0.15, 0.2) is 0 Å². The Morgan fingerprint density at radius 2 is 1.67 bits per heavy atom. The number of anilines is 1. The molecular weight excluding hydrogens is 459 g/mol. The number of carbonyl (C=O) groups is 1. The molecule has 5 nitrogen and oxygen atoms in total. The Morgan fingerprint density at radius 3 is 2.21 bits per heavy atom. The Bertz CT molecular complexity index is 1190. The van der Waals surface area contributed by atoms with Gasteiger partial charge in [-0.05, 0) is 47.9 Å². The maximum Gasteiger partial charge on any atom is 0.416 e. The van der Waals surface area contributed by atoms with Crippen molar-refractivity contribution in [1.29, 1.82) is 0 Å². The lowest BCUT2D eigenvalue weighted by molar-refractivity contribution is -0.143. The molecule has 0 spiro atoms. The maximum absolute atomic E-state index is 13.4. The van der Waals surface area contributed by atoms with Crippen LogP contribution in [-0.2, 0) is 30.1 Å². The van der Waals surface area contributed by atoms with Crippen LogP contribution in [0.15, 0.2) is 46.9 Å². The fourth-order valence-electron chi connectivity index (χ4n) is 2.88. The molecular formula is C21H12F7N3O2. The second kappa shape index (κ2) is 8.93. The van der Waals surface area contributed by atoms with Crippen molar-refractivity contribution in [3.05, 3.63) is 76.8 Å². The summed E-state index contributed by atoms with van der Waals surface area (Å²) in [6, 6.07) is 5.38. The largest absolute Gasteiger partial charge is 0.416 e. The lowest BCUT2D eigenvalue weighted by Crippen LogP contribution is -2.32. The average Bonchev–Trinajstić information content (AvgIpc) is 3.19. The van der Waals surface area contributed by atoms with E-state index in [1.54, 1.807) is 0 Å². The van der Waals surface area contributed by atoms with Crippen LogP contribution in [0.2, 0.25) is 0 Å². The molecule has 0 aliphatic rings. The van der Waals surface area contributed by atoms with Crippen molar-refractivity contribution in [1.82, 2.24) is 10.2 Å². The van der Waals surface area contributed by atoms with Crippen molar-refractivity contribution in [3.63, 3.8) is 0 Å². The standard InChI is InChI=1S/C21H12F7N3O2/c1-2-17-29-30-18(33-17)11-31(15-7-5-14(22)6-8-15)19(32)9-12-3-4-13(20(23,24)25)10-16(12)21(26,27)28/h1,3-8,10H,9,11H2. The number of aromatic nitrogens is 2. The molecule has 0 saturated carbocycles. The van der Waals surface area contributed by atoms with Crippen molar-refractivity contribution in [2.75, 3.05) is 4.90 Å². The van der Waals surface area contributed by atoms with Crippen molar-refractivity contribution in [3.8, 4) is 12.3 Å². The lowest BCUT2D eigenvalue weighted by atomic mass is 10.00. The first-order valence-corrected chi connectivity index (χ1v) is 9.00. The third kappa shape index (κ3) is 5.68. The number of benzene rings is 2. The number of hydrogen-bond acceptors (Lipinski definition) is 4. The molecule has 3 aromatic rings. The third-order valence-electron chi connectivity index (χ3n) is 4.41. The van der Waals surface area contributed by atoms with E-state index in [9.17, 15) is 35.5 Å². The summed E-state index contributed by atoms with van der Waals surface area (Å²) >= 11 is 0. The van der Waals surface area contributed by atoms with Crippen LogP contribution in [0.25, 0.3) is 0 Å². The van der Waals surface area contributed by atoms with Gasteiger partial charge < -0.3 is 9.32 Å². The molecule has 0 unspecified atom stereocenters.